The first kappa shape index (κ1) is 20.0. The number of hydrogen-bond acceptors (Lipinski definition) is 5. The van der Waals surface area contributed by atoms with Crippen LogP contribution in [0.2, 0.25) is 0 Å². The van der Waals surface area contributed by atoms with Gasteiger partial charge < -0.3 is 15.4 Å². The average molecular weight is 391 g/mol. The molecule has 0 fully saturated rings. The molecule has 148 valence electrons. The number of nitrogens with one attached hydrogen (secondary N) is 2. The lowest BCUT2D eigenvalue weighted by Crippen LogP contribution is -2.43. The zero-order valence-corrected chi connectivity index (χ0v) is 16.1. The van der Waals surface area contributed by atoms with E-state index in [1.165, 1.54) is 14.0 Å². The van der Waals surface area contributed by atoms with Gasteiger partial charge in [-0.25, -0.2) is 4.79 Å². The molecule has 0 spiro atoms. The van der Waals surface area contributed by atoms with Crippen molar-refractivity contribution >= 4 is 34.4 Å². The van der Waals surface area contributed by atoms with Crippen LogP contribution in [0.5, 0.6) is 0 Å². The fourth-order valence-corrected chi connectivity index (χ4v) is 2.98. The van der Waals surface area contributed by atoms with E-state index in [1.807, 2.05) is 36.4 Å². The van der Waals surface area contributed by atoms with Gasteiger partial charge >= 0.3 is 5.97 Å². The van der Waals surface area contributed by atoms with Crippen LogP contribution in [0.4, 0.5) is 5.69 Å². The van der Waals surface area contributed by atoms with Crippen molar-refractivity contribution in [2.45, 2.75) is 19.4 Å². The fourth-order valence-electron chi connectivity index (χ4n) is 2.98. The number of benzene rings is 2. The topological polar surface area (TPSA) is 97.4 Å². The summed E-state index contributed by atoms with van der Waals surface area (Å²) in [7, 11) is 1.26. The van der Waals surface area contributed by atoms with Crippen LogP contribution in [-0.4, -0.2) is 35.9 Å². The van der Waals surface area contributed by atoms with Crippen LogP contribution in [0.25, 0.3) is 10.9 Å². The zero-order valence-electron chi connectivity index (χ0n) is 16.1. The highest BCUT2D eigenvalue weighted by atomic mass is 16.5. The number of methoxy groups -OCH3 is 1. The Hall–Kier alpha value is -3.74. The number of amides is 2. The van der Waals surface area contributed by atoms with Crippen molar-refractivity contribution in [2.24, 2.45) is 0 Å². The lowest BCUT2D eigenvalue weighted by molar-refractivity contribution is -0.142. The molecule has 1 heterocycles. The van der Waals surface area contributed by atoms with Gasteiger partial charge in [-0.3, -0.25) is 14.6 Å². The predicted molar refractivity (Wildman–Crippen MR) is 109 cm³/mol. The van der Waals surface area contributed by atoms with Crippen LogP contribution in [0.3, 0.4) is 0 Å². The van der Waals surface area contributed by atoms with E-state index in [1.54, 1.807) is 24.3 Å². The van der Waals surface area contributed by atoms with Gasteiger partial charge in [-0.15, -0.1) is 0 Å². The van der Waals surface area contributed by atoms with E-state index in [9.17, 15) is 14.4 Å². The summed E-state index contributed by atoms with van der Waals surface area (Å²) in [6, 6.07) is 17.0. The molecule has 1 aromatic heterocycles. The predicted octanol–water partition coefficient (Wildman–Crippen LogP) is 2.71. The maximum absolute atomic E-state index is 12.8. The van der Waals surface area contributed by atoms with Gasteiger partial charge in [0.25, 0.3) is 5.91 Å². The molecule has 0 radical (unpaired) electrons. The van der Waals surface area contributed by atoms with Gasteiger partial charge in [0.1, 0.15) is 6.04 Å². The molecule has 7 heteroatoms. The van der Waals surface area contributed by atoms with E-state index in [4.69, 9.17) is 4.74 Å². The minimum absolute atomic E-state index is 0.172. The molecule has 0 unspecified atom stereocenters. The minimum atomic E-state index is -0.924. The van der Waals surface area contributed by atoms with Crippen LogP contribution in [0.15, 0.2) is 60.7 Å². The van der Waals surface area contributed by atoms with Gasteiger partial charge in [-0.1, -0.05) is 36.4 Å². The summed E-state index contributed by atoms with van der Waals surface area (Å²) < 4.78 is 4.85. The molecule has 3 rings (SSSR count). The van der Waals surface area contributed by atoms with Gasteiger partial charge in [0.05, 0.1) is 23.9 Å². The Morgan fingerprint density at radius 3 is 2.48 bits per heavy atom. The number of hydrogen-bond donors (Lipinski definition) is 2. The first-order valence-electron chi connectivity index (χ1n) is 9.08. The number of rotatable bonds is 6. The molecule has 0 saturated carbocycles. The van der Waals surface area contributed by atoms with E-state index in [0.717, 1.165) is 10.9 Å². The van der Waals surface area contributed by atoms with E-state index < -0.39 is 17.9 Å². The van der Waals surface area contributed by atoms with Crippen molar-refractivity contribution in [1.29, 1.82) is 0 Å². The maximum atomic E-state index is 12.8. The number of carbonyl (C=O) groups excluding carboxylic acids is 3. The molecule has 1 atom stereocenters. The molecule has 7 nitrogen and oxygen atoms in total. The van der Waals surface area contributed by atoms with Crippen LogP contribution < -0.4 is 10.6 Å². The summed E-state index contributed by atoms with van der Waals surface area (Å²) in [5, 5.41) is 6.29. The highest BCUT2D eigenvalue weighted by Gasteiger charge is 2.24. The first-order valence-corrected chi connectivity index (χ1v) is 9.08. The smallest absolute Gasteiger partial charge is 0.328 e. The highest BCUT2D eigenvalue weighted by Crippen LogP contribution is 2.16. The fraction of sp³-hybridized carbons (Fsp3) is 0.182. The number of pyridine rings is 1. The van der Waals surface area contributed by atoms with Crippen LogP contribution in [-0.2, 0) is 20.7 Å². The number of nitrogens with zero attached hydrogens (tertiary/aromatic N) is 1. The number of para-hydroxylation sites is 2. The van der Waals surface area contributed by atoms with Crippen molar-refractivity contribution in [3.05, 3.63) is 71.9 Å². The van der Waals surface area contributed by atoms with Crippen molar-refractivity contribution in [3.63, 3.8) is 0 Å². The molecular weight excluding hydrogens is 370 g/mol. The Bertz CT molecular complexity index is 1060. The molecular formula is C22H21N3O4. The third-order valence-corrected chi connectivity index (χ3v) is 4.34. The summed E-state index contributed by atoms with van der Waals surface area (Å²) >= 11 is 0. The molecule has 2 amide bonds. The molecule has 0 aliphatic carbocycles. The third kappa shape index (κ3) is 4.95. The summed E-state index contributed by atoms with van der Waals surface area (Å²) in [4.78, 5) is 41.0. The maximum Gasteiger partial charge on any atom is 0.328 e. The van der Waals surface area contributed by atoms with Crippen LogP contribution >= 0.6 is 0 Å². The van der Waals surface area contributed by atoms with Crippen LogP contribution in [0, 0.1) is 0 Å². The number of fused-ring (bicyclic) bond motifs is 1. The lowest BCUT2D eigenvalue weighted by Gasteiger charge is -2.18. The van der Waals surface area contributed by atoms with Crippen molar-refractivity contribution in [3.8, 4) is 0 Å². The summed E-state index contributed by atoms with van der Waals surface area (Å²) in [6.07, 6.45) is 0.172. The minimum Gasteiger partial charge on any atom is -0.467 e. The molecule has 0 saturated heterocycles. The Balaban J connectivity index is 1.83. The number of anilines is 1. The largest absolute Gasteiger partial charge is 0.467 e. The molecule has 0 aliphatic heterocycles. The van der Waals surface area contributed by atoms with Crippen LogP contribution in [0.1, 0.15) is 23.0 Å². The number of carbonyl (C=O) groups is 3. The lowest BCUT2D eigenvalue weighted by atomic mass is 10.1. The number of aromatic nitrogens is 1. The summed E-state index contributed by atoms with van der Waals surface area (Å²) in [6.45, 7) is 1.36. The molecule has 29 heavy (non-hydrogen) atoms. The molecule has 0 aliphatic rings. The zero-order chi connectivity index (χ0) is 20.8. The van der Waals surface area contributed by atoms with E-state index >= 15 is 0 Å². The Labute approximate surface area is 168 Å². The van der Waals surface area contributed by atoms with Gasteiger partial charge in [0, 0.05) is 24.4 Å². The number of esters is 1. The number of ether oxygens (including phenoxy) is 1. The second-order valence-corrected chi connectivity index (χ2v) is 6.48. The standard InChI is InChI=1S/C22H21N3O4/c1-14(26)23-19-10-6-4-8-17(19)21(27)25-20(22(28)29-2)13-16-12-11-15-7-3-5-9-18(15)24-16/h3-12,20H,13H2,1-2H3,(H,23,26)(H,25,27)/t20-/m1/s1. The Morgan fingerprint density at radius 2 is 1.72 bits per heavy atom. The first-order chi connectivity index (χ1) is 14.0. The third-order valence-electron chi connectivity index (χ3n) is 4.34. The normalized spacial score (nSPS) is 11.5. The van der Waals surface area contributed by atoms with Crippen molar-refractivity contribution < 1.29 is 19.1 Å². The molecule has 3 aromatic rings. The average Bonchev–Trinajstić information content (AvgIpc) is 2.72. The van der Waals surface area contributed by atoms with Gasteiger partial charge in [-0.05, 0) is 24.3 Å². The molecule has 0 bridgehead atoms. The second-order valence-electron chi connectivity index (χ2n) is 6.48. The van der Waals surface area contributed by atoms with Crippen molar-refractivity contribution in [1.82, 2.24) is 10.3 Å². The van der Waals surface area contributed by atoms with Gasteiger partial charge in [-0.2, -0.15) is 0 Å². The van der Waals surface area contributed by atoms with E-state index in [2.05, 4.69) is 15.6 Å². The second kappa shape index (κ2) is 8.97. The molecule has 2 N–H and O–H groups in total. The Kier molecular flexibility index (Phi) is 6.19. The SMILES string of the molecule is COC(=O)[C@@H](Cc1ccc2ccccc2n1)NC(=O)c1ccccc1NC(C)=O. The van der Waals surface area contributed by atoms with E-state index in [0.29, 0.717) is 11.4 Å². The molecule has 2 aromatic carbocycles. The quantitative estimate of drug-likeness (QED) is 0.630. The monoisotopic (exact) mass is 391 g/mol. The van der Waals surface area contributed by atoms with Gasteiger partial charge in [0.2, 0.25) is 5.91 Å². The summed E-state index contributed by atoms with van der Waals surface area (Å²) in [5.41, 5.74) is 2.07. The Morgan fingerprint density at radius 1 is 1.00 bits per heavy atom. The highest BCUT2D eigenvalue weighted by molar-refractivity contribution is 6.04. The van der Waals surface area contributed by atoms with Crippen molar-refractivity contribution in [2.75, 3.05) is 12.4 Å². The summed E-state index contributed by atoms with van der Waals surface area (Å²) in [5.74, 6) is -1.37. The van der Waals surface area contributed by atoms with E-state index in [-0.39, 0.29) is 17.9 Å². The van der Waals surface area contributed by atoms with Gasteiger partial charge in [0.15, 0.2) is 0 Å².